The van der Waals surface area contributed by atoms with E-state index in [1.54, 1.807) is 7.11 Å². The Morgan fingerprint density at radius 2 is 1.89 bits per heavy atom. The van der Waals surface area contributed by atoms with E-state index >= 15 is 0 Å². The summed E-state index contributed by atoms with van der Waals surface area (Å²) in [5.74, 6) is 1.17. The SMILES string of the molecule is CCCNc1nc(NC2(CC)CCC2)nc(OC)n1. The second-order valence-electron chi connectivity index (χ2n) is 5.01. The van der Waals surface area contributed by atoms with Crippen LogP contribution < -0.4 is 15.4 Å². The molecular weight excluding hydrogens is 242 g/mol. The maximum Gasteiger partial charge on any atom is 0.322 e. The summed E-state index contributed by atoms with van der Waals surface area (Å²) in [6.07, 6.45) is 5.73. The molecule has 1 aliphatic carbocycles. The summed E-state index contributed by atoms with van der Waals surface area (Å²) in [6.45, 7) is 5.14. The van der Waals surface area contributed by atoms with Gasteiger partial charge in [-0.15, -0.1) is 0 Å². The van der Waals surface area contributed by atoms with Gasteiger partial charge in [-0.25, -0.2) is 0 Å². The molecule has 0 aromatic carbocycles. The van der Waals surface area contributed by atoms with Gasteiger partial charge >= 0.3 is 6.01 Å². The van der Waals surface area contributed by atoms with E-state index in [9.17, 15) is 0 Å². The van der Waals surface area contributed by atoms with Crippen LogP contribution in [0.25, 0.3) is 0 Å². The first kappa shape index (κ1) is 13.8. The van der Waals surface area contributed by atoms with Gasteiger partial charge in [0.05, 0.1) is 7.11 Å². The minimum Gasteiger partial charge on any atom is -0.467 e. The van der Waals surface area contributed by atoms with Gasteiger partial charge in [-0.3, -0.25) is 0 Å². The third-order valence-corrected chi connectivity index (χ3v) is 3.69. The molecule has 1 aromatic rings. The summed E-state index contributed by atoms with van der Waals surface area (Å²) in [5, 5.41) is 6.62. The highest BCUT2D eigenvalue weighted by Crippen LogP contribution is 2.37. The second-order valence-corrected chi connectivity index (χ2v) is 5.01. The number of methoxy groups -OCH3 is 1. The van der Waals surface area contributed by atoms with Gasteiger partial charge in [0.2, 0.25) is 11.9 Å². The zero-order chi connectivity index (χ0) is 13.7. The van der Waals surface area contributed by atoms with E-state index in [-0.39, 0.29) is 5.54 Å². The first-order valence-electron chi connectivity index (χ1n) is 7.03. The number of aromatic nitrogens is 3. The van der Waals surface area contributed by atoms with Gasteiger partial charge in [0.25, 0.3) is 0 Å². The van der Waals surface area contributed by atoms with Crippen LogP contribution in [0.1, 0.15) is 46.0 Å². The van der Waals surface area contributed by atoms with Crippen LogP contribution >= 0.6 is 0 Å². The quantitative estimate of drug-likeness (QED) is 0.789. The van der Waals surface area contributed by atoms with Gasteiger partial charge in [0.1, 0.15) is 0 Å². The average Bonchev–Trinajstić information content (AvgIpc) is 2.40. The van der Waals surface area contributed by atoms with E-state index < -0.39 is 0 Å². The minimum absolute atomic E-state index is 0.161. The standard InChI is InChI=1S/C13H23N5O/c1-4-9-14-10-15-11(17-12(16-10)19-3)18-13(5-2)7-6-8-13/h4-9H2,1-3H3,(H2,14,15,16,17,18). The average molecular weight is 265 g/mol. The Balaban J connectivity index is 2.14. The molecule has 1 saturated carbocycles. The molecule has 1 fully saturated rings. The molecule has 0 bridgehead atoms. The Kier molecular flexibility index (Phi) is 4.39. The molecule has 19 heavy (non-hydrogen) atoms. The van der Waals surface area contributed by atoms with Crippen molar-refractivity contribution >= 4 is 11.9 Å². The van der Waals surface area contributed by atoms with Crippen molar-refractivity contribution in [2.75, 3.05) is 24.3 Å². The van der Waals surface area contributed by atoms with Crippen molar-refractivity contribution in [1.29, 1.82) is 0 Å². The predicted molar refractivity (Wildman–Crippen MR) is 75.7 cm³/mol. The molecule has 0 amide bonds. The summed E-state index contributed by atoms with van der Waals surface area (Å²) in [7, 11) is 1.57. The summed E-state index contributed by atoms with van der Waals surface area (Å²) in [5.41, 5.74) is 0.161. The fourth-order valence-electron chi connectivity index (χ4n) is 2.23. The lowest BCUT2D eigenvalue weighted by Crippen LogP contribution is -2.44. The molecule has 106 valence electrons. The van der Waals surface area contributed by atoms with Crippen LogP contribution in [0, 0.1) is 0 Å². The molecule has 6 heteroatoms. The number of anilines is 2. The number of nitrogens with one attached hydrogen (secondary N) is 2. The number of nitrogens with zero attached hydrogens (tertiary/aromatic N) is 3. The Hall–Kier alpha value is -1.59. The van der Waals surface area contributed by atoms with Gasteiger partial charge in [-0.1, -0.05) is 13.8 Å². The van der Waals surface area contributed by atoms with Gasteiger partial charge in [-0.2, -0.15) is 15.0 Å². The Morgan fingerprint density at radius 3 is 2.42 bits per heavy atom. The van der Waals surface area contributed by atoms with E-state index in [0.29, 0.717) is 17.9 Å². The summed E-state index contributed by atoms with van der Waals surface area (Å²) in [6, 6.07) is 0.349. The molecule has 0 aliphatic heterocycles. The van der Waals surface area contributed by atoms with E-state index in [4.69, 9.17) is 4.74 Å². The Morgan fingerprint density at radius 1 is 1.16 bits per heavy atom. The highest BCUT2D eigenvalue weighted by molar-refractivity contribution is 5.38. The second kappa shape index (κ2) is 6.04. The smallest absolute Gasteiger partial charge is 0.322 e. The lowest BCUT2D eigenvalue weighted by Gasteiger charge is -2.41. The highest BCUT2D eigenvalue weighted by Gasteiger charge is 2.35. The molecular formula is C13H23N5O. The first-order valence-corrected chi connectivity index (χ1v) is 7.03. The van der Waals surface area contributed by atoms with Gasteiger partial charge < -0.3 is 15.4 Å². The molecule has 0 unspecified atom stereocenters. The largest absolute Gasteiger partial charge is 0.467 e. The first-order chi connectivity index (χ1) is 9.21. The van der Waals surface area contributed by atoms with E-state index in [1.165, 1.54) is 19.3 Å². The van der Waals surface area contributed by atoms with Crippen molar-refractivity contribution < 1.29 is 4.74 Å². The van der Waals surface area contributed by atoms with Crippen LogP contribution in [0.4, 0.5) is 11.9 Å². The minimum atomic E-state index is 0.161. The van der Waals surface area contributed by atoms with Gasteiger partial charge in [-0.05, 0) is 32.1 Å². The zero-order valence-electron chi connectivity index (χ0n) is 12.0. The van der Waals surface area contributed by atoms with Crippen molar-refractivity contribution in [3.63, 3.8) is 0 Å². The lowest BCUT2D eigenvalue weighted by molar-refractivity contribution is 0.267. The van der Waals surface area contributed by atoms with Crippen molar-refractivity contribution in [1.82, 2.24) is 15.0 Å². The van der Waals surface area contributed by atoms with Crippen molar-refractivity contribution in [3.05, 3.63) is 0 Å². The maximum atomic E-state index is 5.13. The molecule has 0 radical (unpaired) electrons. The normalized spacial score (nSPS) is 16.6. The van der Waals surface area contributed by atoms with Crippen LogP contribution in [0.2, 0.25) is 0 Å². The van der Waals surface area contributed by atoms with Crippen molar-refractivity contribution in [2.45, 2.75) is 51.5 Å². The van der Waals surface area contributed by atoms with Crippen LogP contribution in [0.3, 0.4) is 0 Å². The fourth-order valence-corrected chi connectivity index (χ4v) is 2.23. The zero-order valence-corrected chi connectivity index (χ0v) is 12.0. The van der Waals surface area contributed by atoms with Crippen molar-refractivity contribution in [3.8, 4) is 6.01 Å². The van der Waals surface area contributed by atoms with Crippen LogP contribution in [0.15, 0.2) is 0 Å². The fraction of sp³-hybridized carbons (Fsp3) is 0.769. The predicted octanol–water partition coefficient (Wildman–Crippen LogP) is 2.45. The number of hydrogen-bond acceptors (Lipinski definition) is 6. The molecule has 2 N–H and O–H groups in total. The summed E-state index contributed by atoms with van der Waals surface area (Å²) >= 11 is 0. The Labute approximate surface area is 114 Å². The van der Waals surface area contributed by atoms with Crippen LogP contribution in [-0.2, 0) is 0 Å². The number of hydrogen-bond donors (Lipinski definition) is 2. The Bertz CT molecular complexity index is 414. The molecule has 0 atom stereocenters. The van der Waals surface area contributed by atoms with Gasteiger partial charge in [0.15, 0.2) is 0 Å². The third-order valence-electron chi connectivity index (χ3n) is 3.69. The van der Waals surface area contributed by atoms with Gasteiger partial charge in [0, 0.05) is 12.1 Å². The van der Waals surface area contributed by atoms with Crippen LogP contribution in [0.5, 0.6) is 6.01 Å². The monoisotopic (exact) mass is 265 g/mol. The summed E-state index contributed by atoms with van der Waals surface area (Å²) < 4.78 is 5.13. The molecule has 1 aromatic heterocycles. The van der Waals surface area contributed by atoms with E-state index in [0.717, 1.165) is 19.4 Å². The molecule has 1 aliphatic rings. The third kappa shape index (κ3) is 3.24. The molecule has 0 saturated heterocycles. The topological polar surface area (TPSA) is 72.0 Å². The number of ether oxygens (including phenoxy) is 1. The lowest BCUT2D eigenvalue weighted by atomic mass is 9.75. The van der Waals surface area contributed by atoms with Crippen molar-refractivity contribution in [2.24, 2.45) is 0 Å². The molecule has 1 heterocycles. The maximum absolute atomic E-state index is 5.13. The van der Waals surface area contributed by atoms with E-state index in [1.807, 2.05) is 0 Å². The van der Waals surface area contributed by atoms with Crippen LogP contribution in [-0.4, -0.2) is 34.1 Å². The molecule has 6 nitrogen and oxygen atoms in total. The van der Waals surface area contributed by atoms with E-state index in [2.05, 4.69) is 39.4 Å². The summed E-state index contributed by atoms with van der Waals surface area (Å²) in [4.78, 5) is 12.9. The molecule has 2 rings (SSSR count). The highest BCUT2D eigenvalue weighted by atomic mass is 16.5. The number of rotatable bonds is 7. The molecule has 0 spiro atoms.